The second-order valence-corrected chi connectivity index (χ2v) is 4.03. The molecule has 18 heavy (non-hydrogen) atoms. The van der Waals surface area contributed by atoms with Crippen molar-refractivity contribution in [1.29, 1.82) is 0 Å². The zero-order chi connectivity index (χ0) is 13.0. The minimum Gasteiger partial charge on any atom is -0.432 e. The zero-order valence-electron chi connectivity index (χ0n) is 9.25. The van der Waals surface area contributed by atoms with Gasteiger partial charge in [-0.1, -0.05) is 34.1 Å². The Morgan fingerprint density at radius 2 is 2.06 bits per heavy atom. The van der Waals surface area contributed by atoms with Crippen molar-refractivity contribution in [3.8, 4) is 11.6 Å². The highest BCUT2D eigenvalue weighted by Crippen LogP contribution is 2.29. The molecule has 0 N–H and O–H groups in total. The van der Waals surface area contributed by atoms with Crippen LogP contribution in [0.25, 0.3) is 0 Å². The molecular formula is C12H9BrN2O3. The normalized spacial score (nSPS) is 10.1. The van der Waals surface area contributed by atoms with Crippen LogP contribution in [0.4, 0.5) is 5.69 Å². The molecule has 92 valence electrons. The first-order chi connectivity index (χ1) is 8.70. The number of hydrogen-bond acceptors (Lipinski definition) is 4. The molecule has 0 aliphatic carbocycles. The Morgan fingerprint density at radius 1 is 1.28 bits per heavy atom. The van der Waals surface area contributed by atoms with Crippen LogP contribution in [0.3, 0.4) is 0 Å². The first-order valence-corrected chi connectivity index (χ1v) is 6.25. The third-order valence-electron chi connectivity index (χ3n) is 2.23. The average molecular weight is 309 g/mol. The van der Waals surface area contributed by atoms with Crippen molar-refractivity contribution in [3.05, 3.63) is 58.3 Å². The van der Waals surface area contributed by atoms with Gasteiger partial charge in [-0.3, -0.25) is 10.1 Å². The van der Waals surface area contributed by atoms with Crippen LogP contribution in [0.5, 0.6) is 11.6 Å². The molecule has 5 nitrogen and oxygen atoms in total. The van der Waals surface area contributed by atoms with Crippen molar-refractivity contribution in [2.75, 3.05) is 0 Å². The molecule has 0 bridgehead atoms. The molecule has 0 atom stereocenters. The van der Waals surface area contributed by atoms with E-state index in [1.54, 1.807) is 24.4 Å². The fourth-order valence-corrected chi connectivity index (χ4v) is 1.69. The number of alkyl halides is 1. The highest BCUT2D eigenvalue weighted by atomic mass is 79.9. The number of nitro benzene ring substituents is 1. The van der Waals surface area contributed by atoms with Crippen molar-refractivity contribution in [2.45, 2.75) is 5.33 Å². The van der Waals surface area contributed by atoms with Crippen molar-refractivity contribution >= 4 is 21.6 Å². The highest BCUT2D eigenvalue weighted by Gasteiger charge is 2.14. The van der Waals surface area contributed by atoms with E-state index < -0.39 is 4.92 Å². The monoisotopic (exact) mass is 308 g/mol. The molecule has 0 aliphatic rings. The van der Waals surface area contributed by atoms with Crippen LogP contribution in [0.15, 0.2) is 42.6 Å². The minimum absolute atomic E-state index is 0.0798. The van der Waals surface area contributed by atoms with Crippen molar-refractivity contribution in [1.82, 2.24) is 4.98 Å². The minimum atomic E-state index is -0.484. The van der Waals surface area contributed by atoms with Gasteiger partial charge in [-0.25, -0.2) is 4.98 Å². The maximum absolute atomic E-state index is 10.8. The maximum atomic E-state index is 10.8. The predicted octanol–water partition coefficient (Wildman–Crippen LogP) is 3.68. The first kappa shape index (κ1) is 12.5. The summed E-state index contributed by atoms with van der Waals surface area (Å²) in [5, 5.41) is 11.5. The molecule has 2 aromatic rings. The maximum Gasteiger partial charge on any atom is 0.311 e. The number of aromatic nitrogens is 1. The molecule has 1 heterocycles. The number of halogens is 1. The molecule has 1 aromatic heterocycles. The molecule has 0 saturated carbocycles. The quantitative estimate of drug-likeness (QED) is 0.491. The van der Waals surface area contributed by atoms with Gasteiger partial charge in [0.1, 0.15) is 0 Å². The standard InChI is InChI=1S/C12H9BrN2O3/c13-7-9-5-6-12(14-8-9)18-11-4-2-1-3-10(11)15(16)17/h1-6,8H,7H2. The number of nitro groups is 1. The summed E-state index contributed by atoms with van der Waals surface area (Å²) >= 11 is 3.31. The number of benzene rings is 1. The summed E-state index contributed by atoms with van der Waals surface area (Å²) in [6, 6.07) is 9.71. The third kappa shape index (κ3) is 2.84. The lowest BCUT2D eigenvalue weighted by atomic mass is 10.3. The van der Waals surface area contributed by atoms with Crippen LogP contribution < -0.4 is 4.74 Å². The van der Waals surface area contributed by atoms with E-state index in [0.29, 0.717) is 11.2 Å². The van der Waals surface area contributed by atoms with Gasteiger partial charge in [0.2, 0.25) is 11.6 Å². The highest BCUT2D eigenvalue weighted by molar-refractivity contribution is 9.08. The zero-order valence-corrected chi connectivity index (χ0v) is 10.8. The Labute approximate surface area is 112 Å². The summed E-state index contributed by atoms with van der Waals surface area (Å²) < 4.78 is 5.40. The van der Waals surface area contributed by atoms with Crippen LogP contribution in [-0.4, -0.2) is 9.91 Å². The van der Waals surface area contributed by atoms with Crippen molar-refractivity contribution in [3.63, 3.8) is 0 Å². The number of rotatable bonds is 4. The second-order valence-electron chi connectivity index (χ2n) is 3.47. The summed E-state index contributed by atoms with van der Waals surface area (Å²) in [7, 11) is 0. The topological polar surface area (TPSA) is 65.3 Å². The molecule has 0 spiro atoms. The third-order valence-corrected chi connectivity index (χ3v) is 2.88. The van der Waals surface area contributed by atoms with Gasteiger partial charge >= 0.3 is 5.69 Å². The van der Waals surface area contributed by atoms with Gasteiger partial charge in [0.25, 0.3) is 0 Å². The van der Waals surface area contributed by atoms with E-state index in [0.717, 1.165) is 5.56 Å². The molecule has 0 aliphatic heterocycles. The lowest BCUT2D eigenvalue weighted by molar-refractivity contribution is -0.385. The number of para-hydroxylation sites is 2. The van der Waals surface area contributed by atoms with Crippen LogP contribution >= 0.6 is 15.9 Å². The Kier molecular flexibility index (Phi) is 3.88. The Morgan fingerprint density at radius 3 is 2.67 bits per heavy atom. The summed E-state index contributed by atoms with van der Waals surface area (Å²) in [6.07, 6.45) is 1.65. The van der Waals surface area contributed by atoms with Crippen molar-refractivity contribution in [2.24, 2.45) is 0 Å². The molecule has 6 heteroatoms. The molecule has 0 radical (unpaired) electrons. The number of hydrogen-bond donors (Lipinski definition) is 0. The summed E-state index contributed by atoms with van der Waals surface area (Å²) in [5.74, 6) is 0.510. The van der Waals surface area contributed by atoms with E-state index in [4.69, 9.17) is 4.74 Å². The predicted molar refractivity (Wildman–Crippen MR) is 70.0 cm³/mol. The van der Waals surface area contributed by atoms with Gasteiger partial charge in [-0.2, -0.15) is 0 Å². The SMILES string of the molecule is O=[N+]([O-])c1ccccc1Oc1ccc(CBr)cn1. The Hall–Kier alpha value is -1.95. The fourth-order valence-electron chi connectivity index (χ4n) is 1.36. The molecule has 0 amide bonds. The summed E-state index contributed by atoms with van der Waals surface area (Å²) in [4.78, 5) is 14.4. The van der Waals surface area contributed by atoms with Gasteiger partial charge in [0.15, 0.2) is 0 Å². The molecule has 0 fully saturated rings. The molecule has 1 aromatic carbocycles. The van der Waals surface area contributed by atoms with E-state index in [9.17, 15) is 10.1 Å². The van der Waals surface area contributed by atoms with E-state index in [-0.39, 0.29) is 11.4 Å². The lowest BCUT2D eigenvalue weighted by Gasteiger charge is -2.05. The van der Waals surface area contributed by atoms with Crippen LogP contribution in [0.2, 0.25) is 0 Å². The first-order valence-electron chi connectivity index (χ1n) is 5.13. The molecule has 0 saturated heterocycles. The number of pyridine rings is 1. The molecule has 0 unspecified atom stereocenters. The lowest BCUT2D eigenvalue weighted by Crippen LogP contribution is -1.94. The average Bonchev–Trinajstić information content (AvgIpc) is 2.40. The van der Waals surface area contributed by atoms with Gasteiger partial charge in [-0.05, 0) is 11.6 Å². The van der Waals surface area contributed by atoms with Gasteiger partial charge in [0.05, 0.1) is 4.92 Å². The van der Waals surface area contributed by atoms with Gasteiger partial charge in [0, 0.05) is 23.7 Å². The smallest absolute Gasteiger partial charge is 0.311 e. The Balaban J connectivity index is 2.25. The van der Waals surface area contributed by atoms with Crippen molar-refractivity contribution < 1.29 is 9.66 Å². The van der Waals surface area contributed by atoms with E-state index in [1.807, 2.05) is 6.07 Å². The summed E-state index contributed by atoms with van der Waals surface area (Å²) in [5.41, 5.74) is 0.925. The van der Waals surface area contributed by atoms with Crippen LogP contribution in [0, 0.1) is 10.1 Å². The van der Waals surface area contributed by atoms with Gasteiger partial charge < -0.3 is 4.74 Å². The van der Waals surface area contributed by atoms with E-state index in [1.165, 1.54) is 12.1 Å². The van der Waals surface area contributed by atoms with Crippen LogP contribution in [-0.2, 0) is 5.33 Å². The molecule has 2 rings (SSSR count). The second kappa shape index (κ2) is 5.59. The summed E-state index contributed by atoms with van der Waals surface area (Å²) in [6.45, 7) is 0. The number of ether oxygens (including phenoxy) is 1. The largest absolute Gasteiger partial charge is 0.432 e. The number of nitrogens with zero attached hydrogens (tertiary/aromatic N) is 2. The van der Waals surface area contributed by atoms with E-state index in [2.05, 4.69) is 20.9 Å². The van der Waals surface area contributed by atoms with Crippen LogP contribution in [0.1, 0.15) is 5.56 Å². The Bertz CT molecular complexity index is 558. The van der Waals surface area contributed by atoms with Gasteiger partial charge in [-0.15, -0.1) is 0 Å². The van der Waals surface area contributed by atoms with E-state index >= 15 is 0 Å². The fraction of sp³-hybridized carbons (Fsp3) is 0.0833. The molecular weight excluding hydrogens is 300 g/mol.